The van der Waals surface area contributed by atoms with Crippen LogP contribution in [0.2, 0.25) is 0 Å². The summed E-state index contributed by atoms with van der Waals surface area (Å²) in [7, 11) is 0. The first-order chi connectivity index (χ1) is 12.8. The van der Waals surface area contributed by atoms with Crippen LogP contribution in [0.4, 0.5) is 5.69 Å². The van der Waals surface area contributed by atoms with E-state index in [1.807, 2.05) is 43.9 Å². The van der Waals surface area contributed by atoms with Gasteiger partial charge >= 0.3 is 0 Å². The molecule has 1 aliphatic heterocycles. The van der Waals surface area contributed by atoms with Gasteiger partial charge in [-0.1, -0.05) is 20.8 Å². The van der Waals surface area contributed by atoms with E-state index >= 15 is 0 Å². The summed E-state index contributed by atoms with van der Waals surface area (Å²) in [6.45, 7) is 7.08. The molecule has 2 amide bonds. The van der Waals surface area contributed by atoms with Crippen LogP contribution >= 0.6 is 0 Å². The third kappa shape index (κ3) is 3.84. The Morgan fingerprint density at radius 3 is 2.48 bits per heavy atom. The van der Waals surface area contributed by atoms with E-state index in [9.17, 15) is 9.59 Å². The van der Waals surface area contributed by atoms with Crippen LogP contribution in [0.15, 0.2) is 22.6 Å². The van der Waals surface area contributed by atoms with Crippen molar-refractivity contribution in [1.29, 1.82) is 0 Å². The SMILES string of the molecule is CC(C)(C)C(=O)N1CCC(C(=O)Nc2ccc3oc(C4CC4)nc3c2)CC1. The summed E-state index contributed by atoms with van der Waals surface area (Å²) in [5.41, 5.74) is 1.93. The lowest BCUT2D eigenvalue weighted by atomic mass is 9.90. The summed E-state index contributed by atoms with van der Waals surface area (Å²) in [6, 6.07) is 5.61. The van der Waals surface area contributed by atoms with Crippen LogP contribution in [0, 0.1) is 11.3 Å². The quantitative estimate of drug-likeness (QED) is 0.889. The lowest BCUT2D eigenvalue weighted by Gasteiger charge is -2.35. The van der Waals surface area contributed by atoms with Gasteiger partial charge in [-0.15, -0.1) is 0 Å². The average molecular weight is 369 g/mol. The molecule has 0 radical (unpaired) electrons. The van der Waals surface area contributed by atoms with Gasteiger partial charge in [-0.05, 0) is 43.9 Å². The van der Waals surface area contributed by atoms with Crippen LogP contribution < -0.4 is 5.32 Å². The van der Waals surface area contributed by atoms with Gasteiger partial charge in [0.1, 0.15) is 5.52 Å². The van der Waals surface area contributed by atoms with Crippen molar-refractivity contribution in [3.63, 3.8) is 0 Å². The van der Waals surface area contributed by atoms with Gasteiger partial charge in [-0.3, -0.25) is 9.59 Å². The number of nitrogens with zero attached hydrogens (tertiary/aromatic N) is 2. The van der Waals surface area contributed by atoms with Gasteiger partial charge < -0.3 is 14.6 Å². The predicted octanol–water partition coefficient (Wildman–Crippen LogP) is 3.93. The number of carbonyl (C=O) groups is 2. The van der Waals surface area contributed by atoms with Crippen LogP contribution in [0.1, 0.15) is 58.3 Å². The van der Waals surface area contributed by atoms with Crippen molar-refractivity contribution in [2.75, 3.05) is 18.4 Å². The Bertz CT molecular complexity index is 868. The molecular formula is C21H27N3O3. The maximum Gasteiger partial charge on any atom is 0.227 e. The number of piperidine rings is 1. The van der Waals surface area contributed by atoms with Gasteiger partial charge in [0.15, 0.2) is 11.5 Å². The zero-order valence-corrected chi connectivity index (χ0v) is 16.2. The normalized spacial score (nSPS) is 18.7. The van der Waals surface area contributed by atoms with Crippen molar-refractivity contribution in [2.45, 2.75) is 52.4 Å². The fourth-order valence-corrected chi connectivity index (χ4v) is 3.59. The first-order valence-corrected chi connectivity index (χ1v) is 9.82. The van der Waals surface area contributed by atoms with Crippen LogP contribution in [-0.2, 0) is 9.59 Å². The zero-order valence-electron chi connectivity index (χ0n) is 16.2. The summed E-state index contributed by atoms with van der Waals surface area (Å²) in [4.78, 5) is 31.4. The molecule has 1 saturated heterocycles. The molecule has 0 unspecified atom stereocenters. The van der Waals surface area contributed by atoms with Gasteiger partial charge in [0, 0.05) is 36.0 Å². The third-order valence-electron chi connectivity index (χ3n) is 5.39. The first kappa shape index (κ1) is 18.0. The highest BCUT2D eigenvalue weighted by Gasteiger charge is 2.32. The Labute approximate surface area is 159 Å². The number of likely N-dealkylation sites (tertiary alicyclic amines) is 1. The molecule has 2 aromatic rings. The summed E-state index contributed by atoms with van der Waals surface area (Å²) in [5, 5.41) is 3.01. The topological polar surface area (TPSA) is 75.4 Å². The van der Waals surface area contributed by atoms with E-state index in [4.69, 9.17) is 4.42 Å². The Kier molecular flexibility index (Phi) is 4.44. The number of rotatable bonds is 3. The standard InChI is InChI=1S/C21H27N3O3/c1-21(2,3)20(26)24-10-8-13(9-11-24)18(25)22-15-6-7-17-16(12-15)23-19(27-17)14-4-5-14/h6-7,12-14H,4-5,8-11H2,1-3H3,(H,22,25). The summed E-state index contributed by atoms with van der Waals surface area (Å²) in [6.07, 6.45) is 3.69. The van der Waals surface area contributed by atoms with E-state index in [1.54, 1.807) is 0 Å². The first-order valence-electron chi connectivity index (χ1n) is 9.82. The Balaban J connectivity index is 1.37. The number of oxazole rings is 1. The highest BCUT2D eigenvalue weighted by atomic mass is 16.3. The third-order valence-corrected chi connectivity index (χ3v) is 5.39. The molecule has 1 aliphatic carbocycles. The Morgan fingerprint density at radius 2 is 1.85 bits per heavy atom. The highest BCUT2D eigenvalue weighted by molar-refractivity contribution is 5.94. The van der Waals surface area contributed by atoms with E-state index < -0.39 is 0 Å². The molecule has 0 spiro atoms. The Hall–Kier alpha value is -2.37. The van der Waals surface area contributed by atoms with Crippen molar-refractivity contribution in [3.05, 3.63) is 24.1 Å². The maximum atomic E-state index is 12.6. The lowest BCUT2D eigenvalue weighted by molar-refractivity contribution is -0.142. The molecule has 1 aromatic heterocycles. The number of hydrogen-bond donors (Lipinski definition) is 1. The molecule has 1 aromatic carbocycles. The molecule has 27 heavy (non-hydrogen) atoms. The van der Waals surface area contributed by atoms with Crippen molar-refractivity contribution in [3.8, 4) is 0 Å². The molecule has 1 N–H and O–H groups in total. The second-order valence-electron chi connectivity index (χ2n) is 8.81. The van der Waals surface area contributed by atoms with Crippen LogP contribution in [0.5, 0.6) is 0 Å². The van der Waals surface area contributed by atoms with E-state index in [0.717, 1.165) is 35.5 Å². The summed E-state index contributed by atoms with van der Waals surface area (Å²) >= 11 is 0. The minimum absolute atomic E-state index is 0.0168. The molecule has 144 valence electrons. The van der Waals surface area contributed by atoms with Crippen molar-refractivity contribution < 1.29 is 14.0 Å². The Morgan fingerprint density at radius 1 is 1.15 bits per heavy atom. The second-order valence-corrected chi connectivity index (χ2v) is 8.81. The van der Waals surface area contributed by atoms with Crippen LogP contribution in [-0.4, -0.2) is 34.8 Å². The fraction of sp³-hybridized carbons (Fsp3) is 0.571. The average Bonchev–Trinajstić information content (AvgIpc) is 3.40. The van der Waals surface area contributed by atoms with Crippen molar-refractivity contribution >= 4 is 28.6 Å². The summed E-state index contributed by atoms with van der Waals surface area (Å²) < 4.78 is 5.77. The van der Waals surface area contributed by atoms with E-state index in [-0.39, 0.29) is 23.1 Å². The van der Waals surface area contributed by atoms with Gasteiger partial charge in [0.2, 0.25) is 11.8 Å². The number of nitrogens with one attached hydrogen (secondary N) is 1. The minimum Gasteiger partial charge on any atom is -0.440 e. The molecule has 6 heteroatoms. The number of carbonyl (C=O) groups excluding carboxylic acids is 2. The monoisotopic (exact) mass is 369 g/mol. The van der Waals surface area contributed by atoms with Crippen LogP contribution in [0.3, 0.4) is 0 Å². The molecule has 1 saturated carbocycles. The molecule has 2 heterocycles. The van der Waals surface area contributed by atoms with E-state index in [1.165, 1.54) is 0 Å². The molecule has 2 fully saturated rings. The van der Waals surface area contributed by atoms with Gasteiger partial charge in [0.25, 0.3) is 0 Å². The van der Waals surface area contributed by atoms with E-state index in [2.05, 4.69) is 10.3 Å². The maximum absolute atomic E-state index is 12.6. The number of benzene rings is 1. The molecule has 0 atom stereocenters. The van der Waals surface area contributed by atoms with E-state index in [0.29, 0.717) is 31.8 Å². The van der Waals surface area contributed by atoms with Crippen molar-refractivity contribution in [2.24, 2.45) is 11.3 Å². The molecular weight excluding hydrogens is 342 g/mol. The van der Waals surface area contributed by atoms with Crippen LogP contribution in [0.25, 0.3) is 11.1 Å². The fourth-order valence-electron chi connectivity index (χ4n) is 3.59. The number of amides is 2. The molecule has 6 nitrogen and oxygen atoms in total. The summed E-state index contributed by atoms with van der Waals surface area (Å²) in [5.74, 6) is 1.39. The number of fused-ring (bicyclic) bond motifs is 1. The second kappa shape index (κ2) is 6.66. The smallest absolute Gasteiger partial charge is 0.227 e. The predicted molar refractivity (Wildman–Crippen MR) is 103 cm³/mol. The number of hydrogen-bond acceptors (Lipinski definition) is 4. The van der Waals surface area contributed by atoms with Crippen molar-refractivity contribution in [1.82, 2.24) is 9.88 Å². The molecule has 0 bridgehead atoms. The zero-order chi connectivity index (χ0) is 19.2. The number of aromatic nitrogens is 1. The molecule has 4 rings (SSSR count). The lowest BCUT2D eigenvalue weighted by Crippen LogP contribution is -2.45. The van der Waals surface area contributed by atoms with Gasteiger partial charge in [-0.25, -0.2) is 4.98 Å². The molecule has 2 aliphatic rings. The van der Waals surface area contributed by atoms with Gasteiger partial charge in [0.05, 0.1) is 0 Å². The number of anilines is 1. The minimum atomic E-state index is -0.374. The van der Waals surface area contributed by atoms with Gasteiger partial charge in [-0.2, -0.15) is 0 Å². The highest BCUT2D eigenvalue weighted by Crippen LogP contribution is 2.40. The largest absolute Gasteiger partial charge is 0.440 e.